The molecule has 0 unspecified atom stereocenters. The highest BCUT2D eigenvalue weighted by Crippen LogP contribution is 2.25. The van der Waals surface area contributed by atoms with Crippen LogP contribution in [0.5, 0.6) is 0 Å². The molecule has 1 aliphatic heterocycles. The Morgan fingerprint density at radius 1 is 1.00 bits per heavy atom. The molecule has 5 nitrogen and oxygen atoms in total. The summed E-state index contributed by atoms with van der Waals surface area (Å²) in [6.45, 7) is 1.48. The van der Waals surface area contributed by atoms with Crippen molar-refractivity contribution in [3.05, 3.63) is 83.2 Å². The van der Waals surface area contributed by atoms with Crippen LogP contribution in [-0.4, -0.2) is 32.3 Å². The number of hydrogen-bond donors (Lipinski definition) is 1. The van der Waals surface area contributed by atoms with Gasteiger partial charge in [-0.05, 0) is 66.8 Å². The van der Waals surface area contributed by atoms with Gasteiger partial charge in [0.05, 0.1) is 0 Å². The zero-order chi connectivity index (χ0) is 21.7. The summed E-state index contributed by atoms with van der Waals surface area (Å²) in [7, 11) is -3.63. The van der Waals surface area contributed by atoms with Gasteiger partial charge in [-0.15, -0.1) is 11.3 Å². The highest BCUT2D eigenvalue weighted by Gasteiger charge is 2.24. The molecular weight excluding hydrogens is 428 g/mol. The molecule has 1 saturated heterocycles. The largest absolute Gasteiger partial charge is 0.339 e. The van der Waals surface area contributed by atoms with Crippen LogP contribution in [0.25, 0.3) is 0 Å². The van der Waals surface area contributed by atoms with Crippen LogP contribution < -0.4 is 4.72 Å². The van der Waals surface area contributed by atoms with E-state index >= 15 is 0 Å². The van der Waals surface area contributed by atoms with Gasteiger partial charge < -0.3 is 4.90 Å². The Hall–Kier alpha value is -2.64. The van der Waals surface area contributed by atoms with Gasteiger partial charge in [0.25, 0.3) is 15.9 Å². The minimum atomic E-state index is -3.63. The van der Waals surface area contributed by atoms with Crippen LogP contribution in [0, 0.1) is 5.92 Å². The van der Waals surface area contributed by atoms with Crippen molar-refractivity contribution in [1.82, 2.24) is 4.90 Å². The first-order valence-electron chi connectivity index (χ1n) is 10.5. The van der Waals surface area contributed by atoms with Gasteiger partial charge in [0.1, 0.15) is 4.21 Å². The van der Waals surface area contributed by atoms with Gasteiger partial charge in [-0.3, -0.25) is 9.52 Å². The Bertz CT molecular complexity index is 1100. The first-order valence-corrected chi connectivity index (χ1v) is 12.9. The summed E-state index contributed by atoms with van der Waals surface area (Å²) in [6, 6.07) is 20.5. The van der Waals surface area contributed by atoms with E-state index in [-0.39, 0.29) is 10.1 Å². The molecule has 0 atom stereocenters. The summed E-state index contributed by atoms with van der Waals surface area (Å²) < 4.78 is 27.7. The average molecular weight is 455 g/mol. The first-order chi connectivity index (χ1) is 15.0. The second kappa shape index (κ2) is 9.66. The van der Waals surface area contributed by atoms with Crippen LogP contribution in [0.15, 0.2) is 76.3 Å². The standard InChI is InChI=1S/C24H26N2O3S2/c27-24(26-15-13-20(14-16-26)12-11-19-6-2-1-3-7-19)21-8-4-9-22(18-21)25-31(28,29)23-10-5-17-30-23/h1-10,17-18,20,25H,11-16H2. The fourth-order valence-electron chi connectivity index (χ4n) is 3.96. The molecule has 2 heterocycles. The highest BCUT2D eigenvalue weighted by molar-refractivity contribution is 7.94. The number of anilines is 1. The monoisotopic (exact) mass is 454 g/mol. The number of sulfonamides is 1. The van der Waals surface area contributed by atoms with Crippen molar-refractivity contribution >= 4 is 33.0 Å². The number of aryl methyl sites for hydroxylation is 1. The number of hydrogen-bond acceptors (Lipinski definition) is 4. The Morgan fingerprint density at radius 2 is 1.77 bits per heavy atom. The molecule has 4 rings (SSSR count). The zero-order valence-electron chi connectivity index (χ0n) is 17.2. The maximum absolute atomic E-state index is 13.0. The lowest BCUT2D eigenvalue weighted by atomic mass is 9.90. The van der Waals surface area contributed by atoms with Gasteiger partial charge in [0, 0.05) is 24.3 Å². The second-order valence-corrected chi connectivity index (χ2v) is 10.7. The third-order valence-corrected chi connectivity index (χ3v) is 8.49. The molecule has 1 aliphatic rings. The van der Waals surface area contributed by atoms with Crippen LogP contribution in [0.4, 0.5) is 5.69 Å². The van der Waals surface area contributed by atoms with Gasteiger partial charge in [-0.1, -0.05) is 42.5 Å². The van der Waals surface area contributed by atoms with Crippen molar-refractivity contribution in [2.75, 3.05) is 17.8 Å². The molecule has 0 radical (unpaired) electrons. The van der Waals surface area contributed by atoms with Crippen LogP contribution in [0.3, 0.4) is 0 Å². The summed E-state index contributed by atoms with van der Waals surface area (Å²) >= 11 is 1.16. The fourth-order valence-corrected chi connectivity index (χ4v) is 6.00. The van der Waals surface area contributed by atoms with E-state index < -0.39 is 10.0 Å². The van der Waals surface area contributed by atoms with E-state index in [4.69, 9.17) is 0 Å². The summed E-state index contributed by atoms with van der Waals surface area (Å²) in [5, 5.41) is 1.72. The fraction of sp³-hybridized carbons (Fsp3) is 0.292. The van der Waals surface area contributed by atoms with Gasteiger partial charge in [0.15, 0.2) is 0 Å². The van der Waals surface area contributed by atoms with Gasteiger partial charge in [0.2, 0.25) is 0 Å². The van der Waals surface area contributed by atoms with E-state index in [9.17, 15) is 13.2 Å². The molecule has 0 spiro atoms. The predicted octanol–water partition coefficient (Wildman–Crippen LogP) is 5.03. The molecule has 31 heavy (non-hydrogen) atoms. The van der Waals surface area contributed by atoms with Gasteiger partial charge in [-0.2, -0.15) is 0 Å². The Balaban J connectivity index is 1.33. The normalized spacial score (nSPS) is 15.0. The summed E-state index contributed by atoms with van der Waals surface area (Å²) in [5.41, 5.74) is 2.27. The van der Waals surface area contributed by atoms with Crippen molar-refractivity contribution < 1.29 is 13.2 Å². The average Bonchev–Trinajstić information content (AvgIpc) is 3.34. The molecule has 3 aromatic rings. The third-order valence-electron chi connectivity index (χ3n) is 5.71. The molecule has 0 bridgehead atoms. The van der Waals surface area contributed by atoms with Gasteiger partial charge >= 0.3 is 0 Å². The molecular formula is C24H26N2O3S2. The number of likely N-dealkylation sites (tertiary alicyclic amines) is 1. The summed E-state index contributed by atoms with van der Waals surface area (Å²) in [5.74, 6) is 0.590. The molecule has 1 N–H and O–H groups in total. The molecule has 0 saturated carbocycles. The molecule has 1 amide bonds. The number of benzene rings is 2. The number of rotatable bonds is 7. The smallest absolute Gasteiger partial charge is 0.271 e. The molecule has 162 valence electrons. The second-order valence-electron chi connectivity index (χ2n) is 7.88. The SMILES string of the molecule is O=C(c1cccc(NS(=O)(=O)c2cccs2)c1)N1CCC(CCc2ccccc2)CC1. The third kappa shape index (κ3) is 5.54. The van der Waals surface area contributed by atoms with E-state index in [1.807, 2.05) is 11.0 Å². The van der Waals surface area contributed by atoms with Crippen LogP contribution in [0.2, 0.25) is 0 Å². The quantitative estimate of drug-likeness (QED) is 0.544. The van der Waals surface area contributed by atoms with E-state index in [1.54, 1.807) is 41.8 Å². The molecule has 7 heteroatoms. The topological polar surface area (TPSA) is 66.5 Å². The van der Waals surface area contributed by atoms with Gasteiger partial charge in [-0.25, -0.2) is 8.42 Å². The maximum atomic E-state index is 13.0. The van der Waals surface area contributed by atoms with Crippen LogP contribution in [-0.2, 0) is 16.4 Å². The molecule has 1 aromatic heterocycles. The molecule has 0 aliphatic carbocycles. The Kier molecular flexibility index (Phi) is 6.73. The zero-order valence-corrected chi connectivity index (χ0v) is 18.9. The Labute approximate surface area is 187 Å². The van der Waals surface area contributed by atoms with Crippen molar-refractivity contribution in [3.63, 3.8) is 0 Å². The number of nitrogens with zero attached hydrogens (tertiary/aromatic N) is 1. The number of carbonyl (C=O) groups is 1. The lowest BCUT2D eigenvalue weighted by molar-refractivity contribution is 0.0687. The van der Waals surface area contributed by atoms with Crippen molar-refractivity contribution in [2.24, 2.45) is 5.92 Å². The number of piperidine rings is 1. The van der Waals surface area contributed by atoms with Crippen molar-refractivity contribution in [1.29, 1.82) is 0 Å². The van der Waals surface area contributed by atoms with E-state index in [0.717, 1.165) is 50.1 Å². The summed E-state index contributed by atoms with van der Waals surface area (Å²) in [6.07, 6.45) is 4.23. The maximum Gasteiger partial charge on any atom is 0.271 e. The lowest BCUT2D eigenvalue weighted by Crippen LogP contribution is -2.38. The van der Waals surface area contributed by atoms with E-state index in [2.05, 4.69) is 29.0 Å². The minimum Gasteiger partial charge on any atom is -0.339 e. The lowest BCUT2D eigenvalue weighted by Gasteiger charge is -2.32. The minimum absolute atomic E-state index is 0.0429. The first kappa shape index (κ1) is 21.6. The van der Waals surface area contributed by atoms with E-state index in [1.165, 1.54) is 5.56 Å². The molecule has 1 fully saturated rings. The highest BCUT2D eigenvalue weighted by atomic mass is 32.2. The number of nitrogens with one attached hydrogen (secondary N) is 1. The number of carbonyl (C=O) groups excluding carboxylic acids is 1. The predicted molar refractivity (Wildman–Crippen MR) is 125 cm³/mol. The number of amides is 1. The van der Waals surface area contributed by atoms with Crippen LogP contribution >= 0.6 is 11.3 Å². The Morgan fingerprint density at radius 3 is 2.48 bits per heavy atom. The summed E-state index contributed by atoms with van der Waals surface area (Å²) in [4.78, 5) is 14.9. The van der Waals surface area contributed by atoms with Crippen molar-refractivity contribution in [2.45, 2.75) is 29.9 Å². The van der Waals surface area contributed by atoms with Crippen LogP contribution in [0.1, 0.15) is 35.2 Å². The number of thiophene rings is 1. The van der Waals surface area contributed by atoms with E-state index in [0.29, 0.717) is 17.2 Å². The molecule has 2 aromatic carbocycles. The van der Waals surface area contributed by atoms with Crippen molar-refractivity contribution in [3.8, 4) is 0 Å².